The Morgan fingerprint density at radius 2 is 2.09 bits per heavy atom. The van der Waals surface area contributed by atoms with E-state index in [-0.39, 0.29) is 28.8 Å². The summed E-state index contributed by atoms with van der Waals surface area (Å²) in [5.41, 5.74) is -0.728. The van der Waals surface area contributed by atoms with Crippen LogP contribution in [0.5, 0.6) is 0 Å². The third-order valence-corrected chi connectivity index (χ3v) is 6.27. The number of rotatable bonds is 5. The molecule has 4 rings (SSSR count). The Morgan fingerprint density at radius 3 is 2.78 bits per heavy atom. The van der Waals surface area contributed by atoms with Crippen LogP contribution >= 0.6 is 34.7 Å². The molecule has 0 atom stereocenters. The molecule has 0 spiro atoms. The van der Waals surface area contributed by atoms with Gasteiger partial charge < -0.3 is 4.42 Å². The lowest BCUT2D eigenvalue weighted by molar-refractivity contribution is -0.137. The number of carbonyl (C=O) groups is 1. The normalized spacial score (nSPS) is 17.0. The van der Waals surface area contributed by atoms with E-state index in [1.807, 2.05) is 0 Å². The van der Waals surface area contributed by atoms with Gasteiger partial charge in [0.15, 0.2) is 5.17 Å². The largest absolute Gasteiger partial charge is 0.457 e. The number of aliphatic imine (C=N–C) groups is 1. The van der Waals surface area contributed by atoms with Gasteiger partial charge in [-0.2, -0.15) is 18.2 Å². The molecule has 0 radical (unpaired) electrons. The highest BCUT2D eigenvalue weighted by Crippen LogP contribution is 2.38. The zero-order chi connectivity index (χ0) is 22.9. The number of benzene rings is 1. The van der Waals surface area contributed by atoms with E-state index < -0.39 is 11.7 Å². The molecule has 1 fully saturated rings. The summed E-state index contributed by atoms with van der Waals surface area (Å²) >= 11 is 8.57. The van der Waals surface area contributed by atoms with Crippen molar-refractivity contribution in [3.05, 3.63) is 75.8 Å². The topological polar surface area (TPSA) is 58.7 Å². The SMILES string of the molecule is C=CCN1C(=O)/C(=C/c2ccc(-c3cc(C(F)(F)F)ccc3Cl)o2)S/C1=N/c1nccs1. The van der Waals surface area contributed by atoms with E-state index >= 15 is 0 Å². The van der Waals surface area contributed by atoms with Gasteiger partial charge in [-0.15, -0.1) is 17.9 Å². The summed E-state index contributed by atoms with van der Waals surface area (Å²) in [4.78, 5) is 23.1. The van der Waals surface area contributed by atoms with Crippen LogP contribution in [0.2, 0.25) is 5.02 Å². The third kappa shape index (κ3) is 4.67. The summed E-state index contributed by atoms with van der Waals surface area (Å²) < 4.78 is 44.8. The summed E-state index contributed by atoms with van der Waals surface area (Å²) in [6, 6.07) is 6.07. The monoisotopic (exact) mass is 495 g/mol. The van der Waals surface area contributed by atoms with Gasteiger partial charge in [0.2, 0.25) is 5.13 Å². The fraction of sp³-hybridized carbons (Fsp3) is 0.0952. The summed E-state index contributed by atoms with van der Waals surface area (Å²) in [6.45, 7) is 3.93. The van der Waals surface area contributed by atoms with Crippen LogP contribution in [0, 0.1) is 0 Å². The second-order valence-corrected chi connectivity index (χ2v) is 8.71. The molecule has 1 aliphatic heterocycles. The average Bonchev–Trinajstić information content (AvgIpc) is 3.47. The Balaban J connectivity index is 1.65. The minimum atomic E-state index is -4.51. The van der Waals surface area contributed by atoms with Crippen LogP contribution in [-0.4, -0.2) is 27.5 Å². The molecule has 3 heterocycles. The second kappa shape index (κ2) is 8.97. The van der Waals surface area contributed by atoms with Gasteiger partial charge in [-0.1, -0.05) is 17.7 Å². The Kier molecular flexibility index (Phi) is 6.27. The molecule has 1 aliphatic rings. The van der Waals surface area contributed by atoms with E-state index in [0.29, 0.717) is 21.0 Å². The third-order valence-electron chi connectivity index (χ3n) is 4.27. The Morgan fingerprint density at radius 1 is 1.28 bits per heavy atom. The number of hydrogen-bond donors (Lipinski definition) is 0. The van der Waals surface area contributed by atoms with Crippen molar-refractivity contribution >= 4 is 57.0 Å². The predicted octanol–water partition coefficient (Wildman–Crippen LogP) is 6.87. The maximum absolute atomic E-state index is 13.1. The quantitative estimate of drug-likeness (QED) is 0.286. The first-order chi connectivity index (χ1) is 15.3. The summed E-state index contributed by atoms with van der Waals surface area (Å²) in [5.74, 6) is 0.154. The number of carbonyl (C=O) groups excluding carboxylic acids is 1. The number of halogens is 4. The van der Waals surface area contributed by atoms with Crippen LogP contribution in [-0.2, 0) is 11.0 Å². The highest BCUT2D eigenvalue weighted by atomic mass is 35.5. The van der Waals surface area contributed by atoms with E-state index in [1.165, 1.54) is 34.4 Å². The molecule has 1 amide bonds. The fourth-order valence-electron chi connectivity index (χ4n) is 2.83. The van der Waals surface area contributed by atoms with Gasteiger partial charge in [0.05, 0.1) is 15.5 Å². The van der Waals surface area contributed by atoms with Gasteiger partial charge in [-0.3, -0.25) is 9.69 Å². The minimum absolute atomic E-state index is 0.107. The maximum Gasteiger partial charge on any atom is 0.416 e. The lowest BCUT2D eigenvalue weighted by atomic mass is 10.1. The van der Waals surface area contributed by atoms with Crippen molar-refractivity contribution in [2.75, 3.05) is 6.54 Å². The van der Waals surface area contributed by atoms with Crippen molar-refractivity contribution in [3.63, 3.8) is 0 Å². The molecule has 0 N–H and O–H groups in total. The molecule has 164 valence electrons. The smallest absolute Gasteiger partial charge is 0.416 e. The Bertz CT molecular complexity index is 1230. The molecule has 0 aliphatic carbocycles. The number of thiazole rings is 1. The van der Waals surface area contributed by atoms with Crippen molar-refractivity contribution in [1.82, 2.24) is 9.88 Å². The molecule has 0 bridgehead atoms. The molecular formula is C21H13ClF3N3O2S2. The van der Waals surface area contributed by atoms with Gasteiger partial charge in [-0.05, 0) is 42.1 Å². The van der Waals surface area contributed by atoms with Gasteiger partial charge in [-0.25, -0.2) is 4.98 Å². The minimum Gasteiger partial charge on any atom is -0.457 e. The van der Waals surface area contributed by atoms with E-state index in [9.17, 15) is 18.0 Å². The van der Waals surface area contributed by atoms with Crippen LogP contribution in [0.4, 0.5) is 18.3 Å². The molecule has 32 heavy (non-hydrogen) atoms. The van der Waals surface area contributed by atoms with E-state index in [4.69, 9.17) is 16.0 Å². The molecule has 0 unspecified atom stereocenters. The lowest BCUT2D eigenvalue weighted by Gasteiger charge is -2.11. The number of nitrogens with zero attached hydrogens (tertiary/aromatic N) is 3. The number of amidine groups is 1. The zero-order valence-electron chi connectivity index (χ0n) is 16.1. The first-order valence-electron chi connectivity index (χ1n) is 9.03. The second-order valence-electron chi connectivity index (χ2n) is 6.42. The van der Waals surface area contributed by atoms with Crippen LogP contribution in [0.15, 0.2) is 68.9 Å². The van der Waals surface area contributed by atoms with Crippen LogP contribution in [0.1, 0.15) is 11.3 Å². The van der Waals surface area contributed by atoms with Crippen molar-refractivity contribution in [3.8, 4) is 11.3 Å². The van der Waals surface area contributed by atoms with Gasteiger partial charge >= 0.3 is 6.18 Å². The number of hydrogen-bond acceptors (Lipinski definition) is 6. The first-order valence-corrected chi connectivity index (χ1v) is 11.1. The van der Waals surface area contributed by atoms with Gasteiger partial charge in [0, 0.05) is 29.8 Å². The molecule has 11 heteroatoms. The molecule has 3 aromatic rings. The highest BCUT2D eigenvalue weighted by Gasteiger charge is 2.33. The number of furan rings is 1. The summed E-state index contributed by atoms with van der Waals surface area (Å²) in [5, 5.41) is 2.85. The van der Waals surface area contributed by atoms with Crippen molar-refractivity contribution < 1.29 is 22.4 Å². The van der Waals surface area contributed by atoms with Crippen molar-refractivity contribution in [2.24, 2.45) is 4.99 Å². The number of alkyl halides is 3. The van der Waals surface area contributed by atoms with Gasteiger partial charge in [0.1, 0.15) is 11.5 Å². The molecule has 2 aromatic heterocycles. The maximum atomic E-state index is 13.1. The highest BCUT2D eigenvalue weighted by molar-refractivity contribution is 8.18. The first kappa shape index (κ1) is 22.4. The van der Waals surface area contributed by atoms with Crippen LogP contribution < -0.4 is 0 Å². The molecular weight excluding hydrogens is 483 g/mol. The standard InChI is InChI=1S/C21H13ClF3N3O2S2/c1-2-8-28-18(29)17(32-20(28)27-19-26-7-9-31-19)11-13-4-6-16(30-13)14-10-12(21(23,24)25)3-5-15(14)22/h2-7,9-11H,1,8H2/b17-11-,27-20+. The average molecular weight is 496 g/mol. The van der Waals surface area contributed by atoms with Crippen molar-refractivity contribution in [2.45, 2.75) is 6.18 Å². The predicted molar refractivity (Wildman–Crippen MR) is 121 cm³/mol. The molecule has 1 saturated heterocycles. The zero-order valence-corrected chi connectivity index (χ0v) is 18.5. The van der Waals surface area contributed by atoms with E-state index in [1.54, 1.807) is 23.7 Å². The van der Waals surface area contributed by atoms with Crippen LogP contribution in [0.25, 0.3) is 17.4 Å². The number of amides is 1. The van der Waals surface area contributed by atoms with Crippen molar-refractivity contribution in [1.29, 1.82) is 0 Å². The summed E-state index contributed by atoms with van der Waals surface area (Å²) in [6.07, 6.45) is 0.201. The Hall–Kier alpha value is -2.82. The Labute approximate surface area is 193 Å². The molecule has 1 aromatic carbocycles. The molecule has 5 nitrogen and oxygen atoms in total. The van der Waals surface area contributed by atoms with E-state index in [0.717, 1.165) is 23.9 Å². The fourth-order valence-corrected chi connectivity index (χ4v) is 4.57. The molecule has 0 saturated carbocycles. The van der Waals surface area contributed by atoms with Gasteiger partial charge in [0.25, 0.3) is 5.91 Å². The van der Waals surface area contributed by atoms with Crippen LogP contribution in [0.3, 0.4) is 0 Å². The lowest BCUT2D eigenvalue weighted by Crippen LogP contribution is -2.29. The van der Waals surface area contributed by atoms with E-state index in [2.05, 4.69) is 16.6 Å². The number of thioether (sulfide) groups is 1. The summed E-state index contributed by atoms with van der Waals surface area (Å²) in [7, 11) is 0. The number of aromatic nitrogens is 1.